The van der Waals surface area contributed by atoms with E-state index >= 15 is 0 Å². The first-order chi connectivity index (χ1) is 10.6. The summed E-state index contributed by atoms with van der Waals surface area (Å²) in [4.78, 5) is 30.1. The summed E-state index contributed by atoms with van der Waals surface area (Å²) in [6, 6.07) is 3.38. The van der Waals surface area contributed by atoms with E-state index in [-0.39, 0.29) is 17.9 Å². The third-order valence-electron chi connectivity index (χ3n) is 3.95. The number of aromatic nitrogens is 1. The molecule has 0 radical (unpaired) electrons. The van der Waals surface area contributed by atoms with Crippen LogP contribution in [0.3, 0.4) is 0 Å². The molecule has 1 aromatic rings. The van der Waals surface area contributed by atoms with E-state index in [1.807, 2.05) is 17.0 Å². The highest BCUT2D eigenvalue weighted by Crippen LogP contribution is 2.17. The molecule has 2 amide bonds. The van der Waals surface area contributed by atoms with Gasteiger partial charge in [-0.05, 0) is 56.9 Å². The zero-order valence-electron chi connectivity index (χ0n) is 13.2. The van der Waals surface area contributed by atoms with Gasteiger partial charge in [-0.25, -0.2) is 0 Å². The fourth-order valence-electron chi connectivity index (χ4n) is 2.64. The summed E-state index contributed by atoms with van der Waals surface area (Å²) >= 11 is 0. The Morgan fingerprint density at radius 2 is 2.09 bits per heavy atom. The Bertz CT molecular complexity index is 542. The van der Waals surface area contributed by atoms with Crippen LogP contribution in [-0.4, -0.2) is 40.3 Å². The van der Waals surface area contributed by atoms with E-state index in [0.29, 0.717) is 0 Å². The summed E-state index contributed by atoms with van der Waals surface area (Å²) in [6.45, 7) is 4.59. The van der Waals surface area contributed by atoms with Crippen LogP contribution in [0.4, 0.5) is 0 Å². The van der Waals surface area contributed by atoms with Crippen LogP contribution in [0.25, 0.3) is 6.08 Å². The second-order valence-electron chi connectivity index (χ2n) is 5.72. The smallest absolute Gasteiger partial charge is 0.245 e. The van der Waals surface area contributed by atoms with E-state index in [1.54, 1.807) is 25.4 Å². The van der Waals surface area contributed by atoms with Crippen LogP contribution in [0.1, 0.15) is 38.7 Å². The van der Waals surface area contributed by atoms with Crippen LogP contribution >= 0.6 is 0 Å². The molecule has 5 nitrogen and oxygen atoms in total. The molecule has 1 aromatic heterocycles. The predicted molar refractivity (Wildman–Crippen MR) is 85.9 cm³/mol. The van der Waals surface area contributed by atoms with Gasteiger partial charge in [0.2, 0.25) is 11.8 Å². The summed E-state index contributed by atoms with van der Waals surface area (Å²) in [6.07, 6.45) is 9.73. The van der Waals surface area contributed by atoms with Crippen molar-refractivity contribution < 1.29 is 9.59 Å². The van der Waals surface area contributed by atoms with Crippen molar-refractivity contribution in [2.45, 2.75) is 45.2 Å². The third-order valence-corrected chi connectivity index (χ3v) is 3.95. The molecular formula is C17H23N3O2. The molecule has 0 aliphatic carbocycles. The average molecular weight is 301 g/mol. The first-order valence-electron chi connectivity index (χ1n) is 7.77. The number of hydrogen-bond acceptors (Lipinski definition) is 3. The van der Waals surface area contributed by atoms with Gasteiger partial charge in [0.05, 0.1) is 0 Å². The van der Waals surface area contributed by atoms with Crippen LogP contribution in [0, 0.1) is 0 Å². The quantitative estimate of drug-likeness (QED) is 0.865. The lowest BCUT2D eigenvalue weighted by Gasteiger charge is -2.35. The third kappa shape index (κ3) is 4.41. The van der Waals surface area contributed by atoms with Gasteiger partial charge in [-0.2, -0.15) is 0 Å². The van der Waals surface area contributed by atoms with Crippen LogP contribution in [0.2, 0.25) is 0 Å². The fraction of sp³-hybridized carbons (Fsp3) is 0.471. The van der Waals surface area contributed by atoms with Gasteiger partial charge in [0.1, 0.15) is 6.04 Å². The molecule has 0 spiro atoms. The summed E-state index contributed by atoms with van der Waals surface area (Å²) in [5, 5.41) is 2.74. The van der Waals surface area contributed by atoms with E-state index < -0.39 is 6.04 Å². The van der Waals surface area contributed by atoms with Gasteiger partial charge in [-0.1, -0.05) is 0 Å². The van der Waals surface area contributed by atoms with E-state index in [0.717, 1.165) is 24.9 Å². The zero-order chi connectivity index (χ0) is 15.9. The number of carbonyl (C=O) groups is 2. The molecule has 0 aromatic carbocycles. The highest BCUT2D eigenvalue weighted by molar-refractivity contribution is 5.95. The molecule has 0 bridgehead atoms. The monoisotopic (exact) mass is 301 g/mol. The second kappa shape index (κ2) is 7.73. The molecule has 0 saturated carbocycles. The average Bonchev–Trinajstić information content (AvgIpc) is 2.53. The van der Waals surface area contributed by atoms with E-state index in [2.05, 4.69) is 17.2 Å². The molecule has 1 fully saturated rings. The predicted octanol–water partition coefficient (Wildman–Crippen LogP) is 2.00. The van der Waals surface area contributed by atoms with Gasteiger partial charge < -0.3 is 10.2 Å². The number of amides is 2. The SMILES string of the molecule is C[C@H](NC(=O)/C=C/c1ccncc1)C(=O)N1CCCC[C@@H]1C. The minimum Gasteiger partial charge on any atom is -0.341 e. The maximum absolute atomic E-state index is 12.4. The molecule has 1 N–H and O–H groups in total. The van der Waals surface area contributed by atoms with E-state index in [4.69, 9.17) is 0 Å². The highest BCUT2D eigenvalue weighted by atomic mass is 16.2. The van der Waals surface area contributed by atoms with Crippen molar-refractivity contribution >= 4 is 17.9 Å². The number of rotatable bonds is 4. The lowest BCUT2D eigenvalue weighted by molar-refractivity contribution is -0.138. The number of hydrogen-bond donors (Lipinski definition) is 1. The van der Waals surface area contributed by atoms with Crippen LogP contribution in [-0.2, 0) is 9.59 Å². The molecule has 2 heterocycles. The van der Waals surface area contributed by atoms with E-state index in [1.165, 1.54) is 12.5 Å². The molecule has 2 atom stereocenters. The molecule has 5 heteroatoms. The molecule has 118 valence electrons. The zero-order valence-corrected chi connectivity index (χ0v) is 13.2. The molecular weight excluding hydrogens is 278 g/mol. The van der Waals surface area contributed by atoms with Gasteiger partial charge in [-0.15, -0.1) is 0 Å². The first kappa shape index (κ1) is 16.2. The molecule has 22 heavy (non-hydrogen) atoms. The summed E-state index contributed by atoms with van der Waals surface area (Å²) in [5.41, 5.74) is 0.897. The van der Waals surface area contributed by atoms with Gasteiger partial charge >= 0.3 is 0 Å². The number of likely N-dealkylation sites (tertiary alicyclic amines) is 1. The van der Waals surface area contributed by atoms with E-state index in [9.17, 15) is 9.59 Å². The van der Waals surface area contributed by atoms with Crippen molar-refractivity contribution in [1.82, 2.24) is 15.2 Å². The standard InChI is InChI=1S/C17H23N3O2/c1-13-5-3-4-12-20(13)17(22)14(2)19-16(21)7-6-15-8-10-18-11-9-15/h6-11,13-14H,3-5,12H2,1-2H3,(H,19,21)/b7-6+/t13-,14-/m0/s1. The van der Waals surface area contributed by atoms with Gasteiger partial charge in [0.25, 0.3) is 0 Å². The number of piperidine rings is 1. The highest BCUT2D eigenvalue weighted by Gasteiger charge is 2.27. The normalized spacial score (nSPS) is 19.9. The number of nitrogens with one attached hydrogen (secondary N) is 1. The fourth-order valence-corrected chi connectivity index (χ4v) is 2.64. The van der Waals surface area contributed by atoms with Crippen molar-refractivity contribution in [1.29, 1.82) is 0 Å². The molecule has 0 unspecified atom stereocenters. The van der Waals surface area contributed by atoms with Crippen molar-refractivity contribution in [2.75, 3.05) is 6.54 Å². The maximum atomic E-state index is 12.4. The van der Waals surface area contributed by atoms with Crippen LogP contribution in [0.15, 0.2) is 30.6 Å². The Kier molecular flexibility index (Phi) is 5.69. The minimum atomic E-state index is -0.504. The Morgan fingerprint density at radius 1 is 1.36 bits per heavy atom. The van der Waals surface area contributed by atoms with Crippen molar-refractivity contribution in [3.63, 3.8) is 0 Å². The topological polar surface area (TPSA) is 62.3 Å². The molecule has 1 saturated heterocycles. The summed E-state index contributed by atoms with van der Waals surface area (Å²) in [5.74, 6) is -0.264. The van der Waals surface area contributed by atoms with Crippen molar-refractivity contribution in [2.24, 2.45) is 0 Å². The lowest BCUT2D eigenvalue weighted by Crippen LogP contribution is -2.51. The maximum Gasteiger partial charge on any atom is 0.245 e. The number of carbonyl (C=O) groups excluding carboxylic acids is 2. The minimum absolute atomic E-state index is 0.00198. The lowest BCUT2D eigenvalue weighted by atomic mass is 10.0. The first-order valence-corrected chi connectivity index (χ1v) is 7.77. The Labute approximate surface area is 131 Å². The van der Waals surface area contributed by atoms with Gasteiger partial charge in [0, 0.05) is 31.1 Å². The molecule has 1 aliphatic rings. The summed E-state index contributed by atoms with van der Waals surface area (Å²) in [7, 11) is 0. The number of pyridine rings is 1. The largest absolute Gasteiger partial charge is 0.341 e. The molecule has 1 aliphatic heterocycles. The Morgan fingerprint density at radius 3 is 2.77 bits per heavy atom. The summed E-state index contributed by atoms with van der Waals surface area (Å²) < 4.78 is 0. The second-order valence-corrected chi connectivity index (χ2v) is 5.72. The van der Waals surface area contributed by atoms with Crippen molar-refractivity contribution in [3.05, 3.63) is 36.2 Å². The Balaban J connectivity index is 1.88. The van der Waals surface area contributed by atoms with Crippen LogP contribution < -0.4 is 5.32 Å². The van der Waals surface area contributed by atoms with Gasteiger partial charge in [-0.3, -0.25) is 14.6 Å². The molecule has 2 rings (SSSR count). The van der Waals surface area contributed by atoms with Crippen LogP contribution in [0.5, 0.6) is 0 Å². The number of nitrogens with zero attached hydrogens (tertiary/aromatic N) is 2. The van der Waals surface area contributed by atoms with Gasteiger partial charge in [0.15, 0.2) is 0 Å². The Hall–Kier alpha value is -2.17. The van der Waals surface area contributed by atoms with Crippen molar-refractivity contribution in [3.8, 4) is 0 Å².